The van der Waals surface area contributed by atoms with Gasteiger partial charge in [-0.1, -0.05) is 24.3 Å². The van der Waals surface area contributed by atoms with Gasteiger partial charge in [-0.25, -0.2) is 0 Å². The average Bonchev–Trinajstić information content (AvgIpc) is 2.71. The maximum absolute atomic E-state index is 13.2. The first kappa shape index (κ1) is 17.6. The molecule has 2 aromatic carbocycles. The summed E-state index contributed by atoms with van der Waals surface area (Å²) in [6.45, 7) is 0.380. The molecule has 27 heavy (non-hydrogen) atoms. The summed E-state index contributed by atoms with van der Waals surface area (Å²) in [5, 5.41) is 5.47. The second-order valence-electron chi connectivity index (χ2n) is 6.58. The molecular weight excluding hydrogens is 362 g/mol. The van der Waals surface area contributed by atoms with E-state index in [1.54, 1.807) is 24.1 Å². The summed E-state index contributed by atoms with van der Waals surface area (Å²) in [5.74, 6) is -0.0975. The number of rotatable bonds is 2. The van der Waals surface area contributed by atoms with E-state index in [-0.39, 0.29) is 17.7 Å². The highest BCUT2D eigenvalue weighted by Crippen LogP contribution is 2.33. The third-order valence-corrected chi connectivity index (χ3v) is 5.99. The number of anilines is 1. The normalized spacial score (nSPS) is 18.2. The molecule has 2 heterocycles. The van der Waals surface area contributed by atoms with Gasteiger partial charge in [-0.2, -0.15) is 0 Å². The minimum Gasteiger partial charge on any atom is -0.357 e. The van der Waals surface area contributed by atoms with Crippen molar-refractivity contribution in [3.8, 4) is 0 Å². The zero-order valence-corrected chi connectivity index (χ0v) is 15.6. The summed E-state index contributed by atoms with van der Waals surface area (Å²) in [4.78, 5) is 39.9. The number of amides is 3. The molecule has 0 aromatic heterocycles. The second-order valence-corrected chi connectivity index (χ2v) is 7.60. The van der Waals surface area contributed by atoms with Crippen molar-refractivity contribution in [2.24, 2.45) is 0 Å². The van der Waals surface area contributed by atoms with Crippen LogP contribution in [0.2, 0.25) is 0 Å². The summed E-state index contributed by atoms with van der Waals surface area (Å²) < 4.78 is 0. The summed E-state index contributed by atoms with van der Waals surface area (Å²) in [5.41, 5.74) is 3.25. The van der Waals surface area contributed by atoms with Crippen molar-refractivity contribution in [1.82, 2.24) is 10.2 Å². The molecule has 2 aromatic rings. The van der Waals surface area contributed by atoms with Gasteiger partial charge in [0.05, 0.1) is 11.4 Å². The molecule has 7 heteroatoms. The largest absolute Gasteiger partial charge is 0.357 e. The second kappa shape index (κ2) is 7.08. The molecule has 0 radical (unpaired) electrons. The molecule has 138 valence electrons. The standard InChI is InChI=1S/C20H19N3O3S/c1-21-19(25)16-9-12-4-2-3-5-14(12)10-23(16)20(26)13-6-7-17-15(8-13)22-18(24)11-27-17/h2-8,16H,9-11H2,1H3,(H,21,25)(H,22,24). The molecule has 2 aliphatic rings. The smallest absolute Gasteiger partial charge is 0.254 e. The van der Waals surface area contributed by atoms with Crippen molar-refractivity contribution >= 4 is 35.2 Å². The van der Waals surface area contributed by atoms with Crippen LogP contribution in [0.25, 0.3) is 0 Å². The first-order chi connectivity index (χ1) is 13.1. The predicted octanol–water partition coefficient (Wildman–Crippen LogP) is 2.04. The van der Waals surface area contributed by atoms with E-state index in [0.717, 1.165) is 16.0 Å². The van der Waals surface area contributed by atoms with Crippen LogP contribution in [0.1, 0.15) is 21.5 Å². The molecule has 0 fully saturated rings. The Hall–Kier alpha value is -2.80. The van der Waals surface area contributed by atoms with Crippen LogP contribution in [0.5, 0.6) is 0 Å². The van der Waals surface area contributed by atoms with E-state index in [2.05, 4.69) is 10.6 Å². The maximum Gasteiger partial charge on any atom is 0.254 e. The van der Waals surface area contributed by atoms with Crippen molar-refractivity contribution in [3.63, 3.8) is 0 Å². The summed E-state index contributed by atoms with van der Waals surface area (Å²) in [7, 11) is 1.58. The molecule has 1 atom stereocenters. The first-order valence-corrected chi connectivity index (χ1v) is 9.71. The molecule has 0 spiro atoms. The van der Waals surface area contributed by atoms with Crippen LogP contribution in [0.15, 0.2) is 47.4 Å². The minimum absolute atomic E-state index is 0.0766. The fourth-order valence-electron chi connectivity index (χ4n) is 3.52. The molecule has 1 unspecified atom stereocenters. The van der Waals surface area contributed by atoms with Gasteiger partial charge in [0.25, 0.3) is 5.91 Å². The van der Waals surface area contributed by atoms with Gasteiger partial charge in [-0.15, -0.1) is 11.8 Å². The van der Waals surface area contributed by atoms with Gasteiger partial charge < -0.3 is 15.5 Å². The number of thioether (sulfide) groups is 1. The Labute approximate surface area is 161 Å². The highest BCUT2D eigenvalue weighted by atomic mass is 32.2. The maximum atomic E-state index is 13.2. The number of nitrogens with zero attached hydrogens (tertiary/aromatic N) is 1. The number of hydrogen-bond donors (Lipinski definition) is 2. The lowest BCUT2D eigenvalue weighted by atomic mass is 9.92. The Morgan fingerprint density at radius 2 is 1.96 bits per heavy atom. The number of fused-ring (bicyclic) bond motifs is 2. The van der Waals surface area contributed by atoms with Gasteiger partial charge in [-0.05, 0) is 29.3 Å². The Bertz CT molecular complexity index is 944. The van der Waals surface area contributed by atoms with Crippen molar-refractivity contribution < 1.29 is 14.4 Å². The van der Waals surface area contributed by atoms with E-state index in [4.69, 9.17) is 0 Å². The molecule has 0 saturated heterocycles. The molecule has 4 rings (SSSR count). The zero-order chi connectivity index (χ0) is 19.0. The number of carbonyl (C=O) groups is 3. The summed E-state index contributed by atoms with van der Waals surface area (Å²) in [6, 6.07) is 12.6. The molecule has 0 aliphatic carbocycles. The Balaban J connectivity index is 1.68. The van der Waals surface area contributed by atoms with E-state index in [9.17, 15) is 14.4 Å². The van der Waals surface area contributed by atoms with E-state index >= 15 is 0 Å². The highest BCUT2D eigenvalue weighted by Gasteiger charge is 2.34. The van der Waals surface area contributed by atoms with E-state index in [0.29, 0.717) is 30.0 Å². The van der Waals surface area contributed by atoms with Crippen LogP contribution in [-0.4, -0.2) is 41.5 Å². The van der Waals surface area contributed by atoms with Crippen molar-refractivity contribution in [1.29, 1.82) is 0 Å². The zero-order valence-electron chi connectivity index (χ0n) is 14.8. The van der Waals surface area contributed by atoms with Crippen LogP contribution in [0.4, 0.5) is 5.69 Å². The van der Waals surface area contributed by atoms with Gasteiger partial charge in [-0.3, -0.25) is 14.4 Å². The molecular formula is C20H19N3O3S. The molecule has 2 aliphatic heterocycles. The number of likely N-dealkylation sites (N-methyl/N-ethyl adjacent to an activating group) is 1. The Morgan fingerprint density at radius 3 is 2.74 bits per heavy atom. The fraction of sp³-hybridized carbons (Fsp3) is 0.250. The van der Waals surface area contributed by atoms with Gasteiger partial charge in [0, 0.05) is 30.5 Å². The number of nitrogens with one attached hydrogen (secondary N) is 2. The lowest BCUT2D eigenvalue weighted by Gasteiger charge is -2.36. The monoisotopic (exact) mass is 381 g/mol. The number of hydrogen-bond acceptors (Lipinski definition) is 4. The van der Waals surface area contributed by atoms with Gasteiger partial charge >= 0.3 is 0 Å². The van der Waals surface area contributed by atoms with Gasteiger partial charge in [0.15, 0.2) is 0 Å². The van der Waals surface area contributed by atoms with E-state index < -0.39 is 6.04 Å². The SMILES string of the molecule is CNC(=O)C1Cc2ccccc2CN1C(=O)c1ccc2c(c1)NC(=O)CS2. The highest BCUT2D eigenvalue weighted by molar-refractivity contribution is 8.00. The predicted molar refractivity (Wildman–Crippen MR) is 104 cm³/mol. The van der Waals surface area contributed by atoms with Crippen molar-refractivity contribution in [2.75, 3.05) is 18.1 Å². The third kappa shape index (κ3) is 3.30. The van der Waals surface area contributed by atoms with Gasteiger partial charge in [0.2, 0.25) is 11.8 Å². The average molecular weight is 381 g/mol. The van der Waals surface area contributed by atoms with E-state index in [1.807, 2.05) is 30.3 Å². The summed E-state index contributed by atoms with van der Waals surface area (Å²) >= 11 is 1.45. The van der Waals surface area contributed by atoms with E-state index in [1.165, 1.54) is 11.8 Å². The van der Waals surface area contributed by atoms with Crippen LogP contribution in [0.3, 0.4) is 0 Å². The van der Waals surface area contributed by atoms with Crippen LogP contribution >= 0.6 is 11.8 Å². The number of benzene rings is 2. The molecule has 3 amide bonds. The van der Waals surface area contributed by atoms with Crippen molar-refractivity contribution in [3.05, 3.63) is 59.2 Å². The molecule has 0 bridgehead atoms. The van der Waals surface area contributed by atoms with Crippen LogP contribution in [0, 0.1) is 0 Å². The summed E-state index contributed by atoms with van der Waals surface area (Å²) in [6.07, 6.45) is 0.485. The quantitative estimate of drug-likeness (QED) is 0.835. The Kier molecular flexibility index (Phi) is 4.61. The Morgan fingerprint density at radius 1 is 1.19 bits per heavy atom. The molecule has 2 N–H and O–H groups in total. The molecule has 6 nitrogen and oxygen atoms in total. The fourth-order valence-corrected chi connectivity index (χ4v) is 4.31. The topological polar surface area (TPSA) is 78.5 Å². The molecule has 0 saturated carbocycles. The lowest BCUT2D eigenvalue weighted by molar-refractivity contribution is -0.125. The van der Waals surface area contributed by atoms with Crippen LogP contribution < -0.4 is 10.6 Å². The minimum atomic E-state index is -0.558. The first-order valence-electron chi connectivity index (χ1n) is 8.73. The third-order valence-electron chi connectivity index (χ3n) is 4.92. The van der Waals surface area contributed by atoms with Gasteiger partial charge in [0.1, 0.15) is 6.04 Å². The van der Waals surface area contributed by atoms with Crippen molar-refractivity contribution in [2.45, 2.75) is 23.9 Å². The van der Waals surface area contributed by atoms with Crippen LogP contribution in [-0.2, 0) is 22.6 Å². The lowest BCUT2D eigenvalue weighted by Crippen LogP contribution is -2.51. The number of carbonyl (C=O) groups excluding carboxylic acids is 3.